The van der Waals surface area contributed by atoms with Gasteiger partial charge in [0.2, 0.25) is 17.8 Å². The van der Waals surface area contributed by atoms with Crippen molar-refractivity contribution in [2.75, 3.05) is 10.6 Å². The highest BCUT2D eigenvalue weighted by Gasteiger charge is 2.30. The lowest BCUT2D eigenvalue weighted by atomic mass is 9.85. The van der Waals surface area contributed by atoms with Gasteiger partial charge in [0.15, 0.2) is 5.65 Å². The molecule has 0 atom stereocenters. The third-order valence-corrected chi connectivity index (χ3v) is 7.04. The molecule has 0 bridgehead atoms. The number of carbonyl (C=O) groups is 1. The van der Waals surface area contributed by atoms with E-state index < -0.39 is 5.82 Å². The summed E-state index contributed by atoms with van der Waals surface area (Å²) in [5.74, 6) is -0.193. The van der Waals surface area contributed by atoms with E-state index in [1.807, 2.05) is 10.6 Å². The number of nitrogens with one attached hydrogen (secondary N) is 2. The van der Waals surface area contributed by atoms with Crippen molar-refractivity contribution < 1.29 is 9.18 Å². The third-order valence-electron chi connectivity index (χ3n) is 6.74. The first-order valence-corrected chi connectivity index (χ1v) is 11.8. The fourth-order valence-electron chi connectivity index (χ4n) is 4.62. The fourth-order valence-corrected chi connectivity index (χ4v) is 4.87. The van der Waals surface area contributed by atoms with Crippen LogP contribution in [0, 0.1) is 23.1 Å². The number of hydrogen-bond acceptors (Lipinski definition) is 7. The van der Waals surface area contributed by atoms with E-state index >= 15 is 0 Å². The molecule has 0 saturated heterocycles. The molecule has 0 unspecified atom stereocenters. The van der Waals surface area contributed by atoms with Crippen molar-refractivity contribution in [3.05, 3.63) is 34.7 Å². The first-order chi connectivity index (χ1) is 16.4. The maximum Gasteiger partial charge on any atom is 0.224 e. The van der Waals surface area contributed by atoms with Crippen molar-refractivity contribution in [1.29, 1.82) is 5.26 Å². The van der Waals surface area contributed by atoms with Gasteiger partial charge in [-0.15, -0.1) is 0 Å². The summed E-state index contributed by atoms with van der Waals surface area (Å²) < 4.78 is 16.7. The minimum absolute atomic E-state index is 0.0187. The molecule has 4 N–H and O–H groups in total. The number of rotatable bonds is 6. The van der Waals surface area contributed by atoms with E-state index in [1.54, 1.807) is 6.20 Å². The Morgan fingerprint density at radius 2 is 1.97 bits per heavy atom. The number of primary amides is 1. The van der Waals surface area contributed by atoms with E-state index in [2.05, 4.69) is 20.6 Å². The number of carbonyl (C=O) groups excluding carboxylic acids is 1. The molecule has 9 nitrogen and oxygen atoms in total. The molecular weight excluding hydrogens is 459 g/mol. The van der Waals surface area contributed by atoms with Gasteiger partial charge in [-0.1, -0.05) is 11.6 Å². The molecule has 2 aliphatic carbocycles. The lowest BCUT2D eigenvalue weighted by Crippen LogP contribution is -2.29. The zero-order valence-corrected chi connectivity index (χ0v) is 19.1. The van der Waals surface area contributed by atoms with Gasteiger partial charge in [0, 0.05) is 18.0 Å². The highest BCUT2D eigenvalue weighted by Crippen LogP contribution is 2.38. The number of hydrogen-bond donors (Lipinski definition) is 3. The number of fused-ring (bicyclic) bond motifs is 1. The van der Waals surface area contributed by atoms with Crippen molar-refractivity contribution in [1.82, 2.24) is 19.5 Å². The SMILES string of the molecule is N#Cc1cc(F)c(Nc2nc3cnc(NC4CCC4)nc3n2C2CCC(C(N)=O)CC2)c(Cl)c1. The molecule has 0 spiro atoms. The van der Waals surface area contributed by atoms with Gasteiger partial charge in [-0.25, -0.2) is 14.4 Å². The molecule has 34 heavy (non-hydrogen) atoms. The number of amides is 1. The van der Waals surface area contributed by atoms with Crippen LogP contribution in [-0.4, -0.2) is 31.5 Å². The number of nitrogens with zero attached hydrogens (tertiary/aromatic N) is 5. The number of nitrogens with two attached hydrogens (primary N) is 1. The monoisotopic (exact) mass is 482 g/mol. The fraction of sp³-hybridized carbons (Fsp3) is 0.435. The second-order valence-corrected chi connectivity index (χ2v) is 9.35. The lowest BCUT2D eigenvalue weighted by Gasteiger charge is -2.29. The summed E-state index contributed by atoms with van der Waals surface area (Å²) in [6.45, 7) is 0. The van der Waals surface area contributed by atoms with Crippen LogP contribution in [0.5, 0.6) is 0 Å². The van der Waals surface area contributed by atoms with Crippen LogP contribution >= 0.6 is 11.6 Å². The average Bonchev–Trinajstić information content (AvgIpc) is 3.15. The molecule has 0 aliphatic heterocycles. The molecule has 2 saturated carbocycles. The van der Waals surface area contributed by atoms with Gasteiger partial charge in [0.1, 0.15) is 11.3 Å². The normalized spacial score (nSPS) is 20.5. The summed E-state index contributed by atoms with van der Waals surface area (Å²) in [5.41, 5.74) is 6.85. The highest BCUT2D eigenvalue weighted by molar-refractivity contribution is 6.33. The van der Waals surface area contributed by atoms with Crippen LogP contribution in [0.25, 0.3) is 11.2 Å². The Kier molecular flexibility index (Phi) is 5.96. The van der Waals surface area contributed by atoms with E-state index in [0.717, 1.165) is 18.9 Å². The molecule has 176 valence electrons. The maximum atomic E-state index is 14.8. The summed E-state index contributed by atoms with van der Waals surface area (Å²) in [6, 6.07) is 4.76. The number of nitriles is 1. The number of imidazole rings is 1. The van der Waals surface area contributed by atoms with Gasteiger partial charge >= 0.3 is 0 Å². The van der Waals surface area contributed by atoms with Crippen molar-refractivity contribution in [2.24, 2.45) is 11.7 Å². The van der Waals surface area contributed by atoms with Crippen molar-refractivity contribution in [3.63, 3.8) is 0 Å². The predicted molar refractivity (Wildman–Crippen MR) is 126 cm³/mol. The topological polar surface area (TPSA) is 135 Å². The second kappa shape index (κ2) is 9.06. The Morgan fingerprint density at radius 1 is 1.21 bits per heavy atom. The summed E-state index contributed by atoms with van der Waals surface area (Å²) in [6.07, 6.45) is 7.72. The van der Waals surface area contributed by atoms with E-state index in [-0.39, 0.29) is 34.1 Å². The second-order valence-electron chi connectivity index (χ2n) is 8.94. The van der Waals surface area contributed by atoms with Crippen molar-refractivity contribution in [3.8, 4) is 6.07 Å². The Balaban J connectivity index is 1.54. The summed E-state index contributed by atoms with van der Waals surface area (Å²) in [7, 11) is 0. The standard InChI is InChI=1S/C23H24ClFN8O/c24-16-8-12(10-26)9-17(25)19(16)31-23-30-18-11-28-22(29-14-2-1-3-14)32-21(18)33(23)15-6-4-13(5-7-15)20(27)34/h8-9,11,13-15H,1-7H2,(H2,27,34)(H,30,31)(H,28,29,32). The minimum atomic E-state index is -0.654. The van der Waals surface area contributed by atoms with Gasteiger partial charge in [0.25, 0.3) is 0 Å². The molecule has 11 heteroatoms. The van der Waals surface area contributed by atoms with Gasteiger partial charge in [-0.2, -0.15) is 10.2 Å². The molecule has 0 radical (unpaired) electrons. The van der Waals surface area contributed by atoms with E-state index in [4.69, 9.17) is 27.6 Å². The number of anilines is 3. The van der Waals surface area contributed by atoms with Crippen molar-refractivity contribution in [2.45, 2.75) is 57.0 Å². The first kappa shape index (κ1) is 22.3. The van der Waals surface area contributed by atoms with Crippen LogP contribution in [0.4, 0.5) is 22.0 Å². The van der Waals surface area contributed by atoms with Gasteiger partial charge in [-0.05, 0) is 57.1 Å². The Hall–Kier alpha value is -3.45. The lowest BCUT2D eigenvalue weighted by molar-refractivity contribution is -0.122. The number of benzene rings is 1. The summed E-state index contributed by atoms with van der Waals surface area (Å²) >= 11 is 6.28. The minimum Gasteiger partial charge on any atom is -0.369 e. The third kappa shape index (κ3) is 4.23. The van der Waals surface area contributed by atoms with Crippen molar-refractivity contribution >= 4 is 46.3 Å². The smallest absolute Gasteiger partial charge is 0.224 e. The zero-order valence-electron chi connectivity index (χ0n) is 18.4. The molecule has 3 aromatic rings. The van der Waals surface area contributed by atoms with Crippen LogP contribution < -0.4 is 16.4 Å². The molecule has 1 aromatic carbocycles. The van der Waals surface area contributed by atoms with Crippen LogP contribution in [-0.2, 0) is 4.79 Å². The summed E-state index contributed by atoms with van der Waals surface area (Å²) in [4.78, 5) is 25.4. The first-order valence-electron chi connectivity index (χ1n) is 11.4. The molecule has 2 aliphatic rings. The molecule has 1 amide bonds. The molecular formula is C23H24ClFN8O. The molecule has 2 aromatic heterocycles. The average molecular weight is 483 g/mol. The van der Waals surface area contributed by atoms with Gasteiger partial charge in [0.05, 0.1) is 28.5 Å². The van der Waals surface area contributed by atoms with E-state index in [1.165, 1.54) is 12.5 Å². The van der Waals surface area contributed by atoms with Gasteiger partial charge < -0.3 is 16.4 Å². The largest absolute Gasteiger partial charge is 0.369 e. The predicted octanol–water partition coefficient (Wildman–Crippen LogP) is 4.42. The Morgan fingerprint density at radius 3 is 2.59 bits per heavy atom. The van der Waals surface area contributed by atoms with Crippen LogP contribution in [0.2, 0.25) is 5.02 Å². The van der Waals surface area contributed by atoms with Gasteiger partial charge in [-0.3, -0.25) is 9.36 Å². The zero-order chi connectivity index (χ0) is 23.8. The van der Waals surface area contributed by atoms with E-state index in [9.17, 15) is 9.18 Å². The number of aromatic nitrogens is 4. The number of halogens is 2. The molecule has 2 heterocycles. The molecule has 5 rings (SSSR count). The Labute approximate surface area is 200 Å². The summed E-state index contributed by atoms with van der Waals surface area (Å²) in [5, 5.41) is 15.5. The van der Waals surface area contributed by atoms with Crippen LogP contribution in [0.3, 0.4) is 0 Å². The quantitative estimate of drug-likeness (QED) is 0.473. The maximum absolute atomic E-state index is 14.8. The molecule has 2 fully saturated rings. The van der Waals surface area contributed by atoms with Crippen LogP contribution in [0.15, 0.2) is 18.3 Å². The highest BCUT2D eigenvalue weighted by atomic mass is 35.5. The van der Waals surface area contributed by atoms with Crippen LogP contribution in [0.1, 0.15) is 56.6 Å². The van der Waals surface area contributed by atoms with E-state index in [0.29, 0.717) is 54.8 Å². The Bertz CT molecular complexity index is 1270.